The molecule has 3 heterocycles. The molecule has 0 saturated carbocycles. The van der Waals surface area contributed by atoms with Gasteiger partial charge in [-0.1, -0.05) is 6.92 Å². The number of carbonyl (C=O) groups excluding carboxylic acids is 1. The number of nitrogens with zero attached hydrogens (tertiary/aromatic N) is 3. The topological polar surface area (TPSA) is 36.0 Å². The number of ether oxygens (including phenoxy) is 1. The summed E-state index contributed by atoms with van der Waals surface area (Å²) in [6.07, 6.45) is 8.84. The zero-order valence-electron chi connectivity index (χ0n) is 16.3. The molecule has 0 aromatic heterocycles. The molecule has 5 heteroatoms. The molecule has 3 rings (SSSR count). The molecule has 144 valence electrons. The summed E-state index contributed by atoms with van der Waals surface area (Å²) in [4.78, 5) is 19.3. The number of carbonyl (C=O) groups is 1. The van der Waals surface area contributed by atoms with Crippen molar-refractivity contribution in [3.05, 3.63) is 0 Å². The molecule has 0 aliphatic carbocycles. The van der Waals surface area contributed by atoms with E-state index in [2.05, 4.69) is 16.7 Å². The van der Waals surface area contributed by atoms with Crippen molar-refractivity contribution in [3.63, 3.8) is 0 Å². The Bertz CT molecular complexity index is 423. The van der Waals surface area contributed by atoms with Crippen LogP contribution in [-0.2, 0) is 4.74 Å². The van der Waals surface area contributed by atoms with Crippen LogP contribution in [0, 0.1) is 5.92 Å². The molecule has 5 nitrogen and oxygen atoms in total. The average Bonchev–Trinajstić information content (AvgIpc) is 2.98. The van der Waals surface area contributed by atoms with Crippen LogP contribution < -0.4 is 0 Å². The van der Waals surface area contributed by atoms with Crippen molar-refractivity contribution in [1.82, 2.24) is 14.7 Å². The van der Waals surface area contributed by atoms with Crippen LogP contribution in [0.25, 0.3) is 0 Å². The minimum absolute atomic E-state index is 0.122. The molecule has 3 saturated heterocycles. The van der Waals surface area contributed by atoms with Gasteiger partial charge < -0.3 is 19.4 Å². The van der Waals surface area contributed by atoms with Crippen molar-refractivity contribution >= 4 is 6.09 Å². The summed E-state index contributed by atoms with van der Waals surface area (Å²) >= 11 is 0. The lowest BCUT2D eigenvalue weighted by Crippen LogP contribution is -2.46. The van der Waals surface area contributed by atoms with Crippen molar-refractivity contribution in [3.8, 4) is 0 Å². The molecule has 1 amide bonds. The Morgan fingerprint density at radius 1 is 0.920 bits per heavy atom. The fourth-order valence-corrected chi connectivity index (χ4v) is 5.29. The molecule has 3 fully saturated rings. The minimum atomic E-state index is -0.122. The molecular formula is C20H37N3O2. The first-order valence-corrected chi connectivity index (χ1v) is 10.6. The summed E-state index contributed by atoms with van der Waals surface area (Å²) in [6, 6.07) is 1.51. The monoisotopic (exact) mass is 351 g/mol. The van der Waals surface area contributed by atoms with E-state index in [-0.39, 0.29) is 6.09 Å². The van der Waals surface area contributed by atoms with Gasteiger partial charge in [0.1, 0.15) is 0 Å². The van der Waals surface area contributed by atoms with Gasteiger partial charge in [-0.2, -0.15) is 0 Å². The van der Waals surface area contributed by atoms with Crippen LogP contribution >= 0.6 is 0 Å². The van der Waals surface area contributed by atoms with Crippen molar-refractivity contribution in [2.75, 3.05) is 45.9 Å². The second kappa shape index (κ2) is 9.22. The Labute approximate surface area is 153 Å². The molecule has 0 aromatic rings. The Morgan fingerprint density at radius 2 is 1.68 bits per heavy atom. The van der Waals surface area contributed by atoms with Crippen LogP contribution in [-0.4, -0.2) is 78.8 Å². The van der Waals surface area contributed by atoms with Crippen LogP contribution in [0.5, 0.6) is 0 Å². The first-order valence-electron chi connectivity index (χ1n) is 10.6. The second-order valence-corrected chi connectivity index (χ2v) is 7.98. The standard InChI is InChI=1S/C20H37N3O2/c1-3-21-12-6-8-19(21)17-9-14-22(15-10-17)18-7-5-13-23(16-11-18)20(24)25-4-2/h17-19H,3-16H2,1-2H3. The third-order valence-corrected chi connectivity index (χ3v) is 6.68. The summed E-state index contributed by atoms with van der Waals surface area (Å²) in [5.74, 6) is 0.903. The maximum atomic E-state index is 12.0. The van der Waals surface area contributed by atoms with Crippen LogP contribution in [0.4, 0.5) is 4.79 Å². The molecule has 0 bridgehead atoms. The number of likely N-dealkylation sites (tertiary alicyclic amines) is 3. The van der Waals surface area contributed by atoms with E-state index in [1.807, 2.05) is 11.8 Å². The minimum Gasteiger partial charge on any atom is -0.450 e. The van der Waals surface area contributed by atoms with Gasteiger partial charge in [0.05, 0.1) is 6.61 Å². The summed E-state index contributed by atoms with van der Waals surface area (Å²) in [7, 11) is 0. The van der Waals surface area contributed by atoms with E-state index < -0.39 is 0 Å². The predicted octanol–water partition coefficient (Wildman–Crippen LogP) is 3.19. The third-order valence-electron chi connectivity index (χ3n) is 6.68. The summed E-state index contributed by atoms with van der Waals surface area (Å²) < 4.78 is 5.18. The van der Waals surface area contributed by atoms with E-state index in [1.54, 1.807) is 0 Å². The maximum absolute atomic E-state index is 12.0. The Kier molecular flexibility index (Phi) is 7.00. The van der Waals surface area contributed by atoms with E-state index >= 15 is 0 Å². The number of hydrogen-bond acceptors (Lipinski definition) is 4. The molecule has 3 aliphatic heterocycles. The molecule has 3 aliphatic rings. The van der Waals surface area contributed by atoms with Gasteiger partial charge in [-0.25, -0.2) is 4.79 Å². The molecule has 0 N–H and O–H groups in total. The summed E-state index contributed by atoms with van der Waals surface area (Å²) in [6.45, 7) is 11.4. The Morgan fingerprint density at radius 3 is 2.40 bits per heavy atom. The molecule has 0 spiro atoms. The zero-order chi connectivity index (χ0) is 17.6. The highest BCUT2D eigenvalue weighted by Gasteiger charge is 2.34. The van der Waals surface area contributed by atoms with Crippen LogP contribution in [0.15, 0.2) is 0 Å². The predicted molar refractivity (Wildman–Crippen MR) is 101 cm³/mol. The van der Waals surface area contributed by atoms with Gasteiger partial charge in [-0.15, -0.1) is 0 Å². The normalized spacial score (nSPS) is 30.4. The van der Waals surface area contributed by atoms with Gasteiger partial charge in [0.25, 0.3) is 0 Å². The number of hydrogen-bond donors (Lipinski definition) is 0. The van der Waals surface area contributed by atoms with Crippen LogP contribution in [0.3, 0.4) is 0 Å². The lowest BCUT2D eigenvalue weighted by atomic mass is 9.87. The number of amides is 1. The maximum Gasteiger partial charge on any atom is 0.409 e. The Hall–Kier alpha value is -0.810. The van der Waals surface area contributed by atoms with E-state index in [1.165, 1.54) is 58.3 Å². The lowest BCUT2D eigenvalue weighted by molar-refractivity contribution is 0.0812. The highest BCUT2D eigenvalue weighted by molar-refractivity contribution is 5.67. The van der Waals surface area contributed by atoms with E-state index in [0.717, 1.165) is 37.9 Å². The Balaban J connectivity index is 1.46. The quantitative estimate of drug-likeness (QED) is 0.779. The van der Waals surface area contributed by atoms with Gasteiger partial charge >= 0.3 is 6.09 Å². The SMILES string of the molecule is CCOC(=O)N1CCCC(N2CCC(C3CCCN3CC)CC2)CC1. The van der Waals surface area contributed by atoms with Crippen molar-refractivity contribution < 1.29 is 9.53 Å². The molecule has 0 radical (unpaired) electrons. The summed E-state index contributed by atoms with van der Waals surface area (Å²) in [5, 5.41) is 0. The third kappa shape index (κ3) is 4.68. The van der Waals surface area contributed by atoms with E-state index in [4.69, 9.17) is 4.74 Å². The van der Waals surface area contributed by atoms with Crippen molar-refractivity contribution in [1.29, 1.82) is 0 Å². The smallest absolute Gasteiger partial charge is 0.409 e. The number of piperidine rings is 1. The fraction of sp³-hybridized carbons (Fsp3) is 0.950. The van der Waals surface area contributed by atoms with E-state index in [9.17, 15) is 4.79 Å². The average molecular weight is 352 g/mol. The van der Waals surface area contributed by atoms with Gasteiger partial charge in [-0.05, 0) is 84.0 Å². The second-order valence-electron chi connectivity index (χ2n) is 7.98. The van der Waals surface area contributed by atoms with Crippen molar-refractivity contribution in [2.45, 2.75) is 70.9 Å². The van der Waals surface area contributed by atoms with Crippen LogP contribution in [0.2, 0.25) is 0 Å². The van der Waals surface area contributed by atoms with Gasteiger partial charge in [-0.3, -0.25) is 0 Å². The summed E-state index contributed by atoms with van der Waals surface area (Å²) in [5.41, 5.74) is 0. The van der Waals surface area contributed by atoms with Gasteiger partial charge in [0.2, 0.25) is 0 Å². The lowest BCUT2D eigenvalue weighted by Gasteiger charge is -2.41. The van der Waals surface area contributed by atoms with Crippen LogP contribution in [0.1, 0.15) is 58.8 Å². The fourth-order valence-electron chi connectivity index (χ4n) is 5.29. The molecule has 25 heavy (non-hydrogen) atoms. The zero-order valence-corrected chi connectivity index (χ0v) is 16.3. The number of rotatable bonds is 4. The first-order chi connectivity index (χ1) is 12.2. The van der Waals surface area contributed by atoms with Gasteiger partial charge in [0, 0.05) is 25.2 Å². The van der Waals surface area contributed by atoms with E-state index in [0.29, 0.717) is 12.6 Å². The molecular weight excluding hydrogens is 314 g/mol. The highest BCUT2D eigenvalue weighted by Crippen LogP contribution is 2.32. The van der Waals surface area contributed by atoms with Crippen molar-refractivity contribution in [2.24, 2.45) is 5.92 Å². The largest absolute Gasteiger partial charge is 0.450 e. The highest BCUT2D eigenvalue weighted by atomic mass is 16.6. The molecule has 0 aromatic carbocycles. The molecule has 2 unspecified atom stereocenters. The van der Waals surface area contributed by atoms with Gasteiger partial charge in [0.15, 0.2) is 0 Å². The molecule has 2 atom stereocenters. The first kappa shape index (κ1) is 19.0.